The fraction of sp³-hybridized carbons (Fsp3) is 0.333. The lowest BCUT2D eigenvalue weighted by atomic mass is 10.1. The van der Waals surface area contributed by atoms with E-state index in [-0.39, 0.29) is 24.5 Å². The maximum atomic E-state index is 13.0. The summed E-state index contributed by atoms with van der Waals surface area (Å²) in [5.74, 6) is 0.376. The average molecular weight is 515 g/mol. The first-order chi connectivity index (χ1) is 17.7. The van der Waals surface area contributed by atoms with Crippen molar-refractivity contribution in [3.8, 4) is 5.75 Å². The van der Waals surface area contributed by atoms with Crippen molar-refractivity contribution < 1.29 is 27.5 Å². The van der Waals surface area contributed by atoms with Crippen molar-refractivity contribution in [1.82, 2.24) is 20.1 Å². The van der Waals surface area contributed by atoms with Crippen LogP contribution in [0.1, 0.15) is 28.5 Å². The molecule has 1 unspecified atom stereocenters. The number of H-pyrrole nitrogens is 1. The second kappa shape index (κ2) is 9.73. The Morgan fingerprint density at radius 3 is 2.78 bits per heavy atom. The highest BCUT2D eigenvalue weighted by Gasteiger charge is 2.32. The van der Waals surface area contributed by atoms with Gasteiger partial charge in [-0.3, -0.25) is 19.6 Å². The molecule has 1 saturated heterocycles. The summed E-state index contributed by atoms with van der Waals surface area (Å²) in [5.41, 5.74) is 1.22. The van der Waals surface area contributed by atoms with Crippen LogP contribution in [-0.4, -0.2) is 64.2 Å². The molecule has 2 aliphatic heterocycles. The minimum atomic E-state index is -4.42. The van der Waals surface area contributed by atoms with Crippen LogP contribution in [0.4, 0.5) is 30.4 Å². The number of piperazine rings is 1. The number of nitrogens with zero attached hydrogens (tertiary/aromatic N) is 4. The lowest BCUT2D eigenvalue weighted by Gasteiger charge is -2.40. The van der Waals surface area contributed by atoms with Crippen LogP contribution < -0.4 is 20.3 Å². The highest BCUT2D eigenvalue weighted by molar-refractivity contribution is 6.04. The average Bonchev–Trinajstić information content (AvgIpc) is 3.32. The van der Waals surface area contributed by atoms with Crippen LogP contribution >= 0.6 is 0 Å². The quantitative estimate of drug-likeness (QED) is 0.478. The lowest BCUT2D eigenvalue weighted by molar-refractivity contribution is -0.137. The maximum absolute atomic E-state index is 13.0. The number of hydrogen-bond donors (Lipinski definition) is 3. The van der Waals surface area contributed by atoms with Gasteiger partial charge in [0.25, 0.3) is 11.8 Å². The molecule has 37 heavy (non-hydrogen) atoms. The molecule has 1 aromatic carbocycles. The predicted octanol–water partition coefficient (Wildman–Crippen LogP) is 3.12. The van der Waals surface area contributed by atoms with Gasteiger partial charge in [-0.15, -0.1) is 0 Å². The molecule has 3 N–H and O–H groups in total. The Kier molecular flexibility index (Phi) is 6.46. The van der Waals surface area contributed by atoms with E-state index in [0.717, 1.165) is 12.3 Å². The SMILES string of the molecule is CC1CN(Cc2cn[nH]c2C(=O)Nc2ccc3c(c2)NC(=O)CO3)CCN1c1ccc(C(F)(F)F)cn1. The molecule has 1 fully saturated rings. The summed E-state index contributed by atoms with van der Waals surface area (Å²) >= 11 is 0. The molecule has 2 aliphatic rings. The van der Waals surface area contributed by atoms with Gasteiger partial charge in [-0.05, 0) is 37.3 Å². The number of hydrogen-bond acceptors (Lipinski definition) is 7. The monoisotopic (exact) mass is 515 g/mol. The summed E-state index contributed by atoms with van der Waals surface area (Å²) in [6, 6.07) is 7.41. The minimum absolute atomic E-state index is 0.00455. The third-order valence-electron chi connectivity index (χ3n) is 6.29. The number of aromatic amines is 1. The molecule has 2 amide bonds. The van der Waals surface area contributed by atoms with Gasteiger partial charge in [-0.2, -0.15) is 18.3 Å². The molecule has 4 heterocycles. The Morgan fingerprint density at radius 1 is 1.22 bits per heavy atom. The van der Waals surface area contributed by atoms with Gasteiger partial charge in [0, 0.05) is 49.7 Å². The van der Waals surface area contributed by atoms with Crippen LogP contribution in [0.2, 0.25) is 0 Å². The number of alkyl halides is 3. The molecule has 1 atom stereocenters. The zero-order valence-corrected chi connectivity index (χ0v) is 19.8. The van der Waals surface area contributed by atoms with E-state index in [9.17, 15) is 22.8 Å². The van der Waals surface area contributed by atoms with Crippen LogP contribution in [0.15, 0.2) is 42.7 Å². The summed E-state index contributed by atoms with van der Waals surface area (Å²) in [6.07, 6.45) is -1.97. The molecule has 0 radical (unpaired) electrons. The van der Waals surface area contributed by atoms with Crippen LogP contribution in [-0.2, 0) is 17.5 Å². The smallest absolute Gasteiger partial charge is 0.417 e. The molecule has 194 valence electrons. The number of pyridine rings is 1. The van der Waals surface area contributed by atoms with Gasteiger partial charge in [0.1, 0.15) is 17.3 Å². The summed E-state index contributed by atoms with van der Waals surface area (Å²) in [6.45, 7) is 4.22. The van der Waals surface area contributed by atoms with E-state index in [0.29, 0.717) is 60.4 Å². The number of ether oxygens (including phenoxy) is 1. The number of carbonyl (C=O) groups is 2. The van der Waals surface area contributed by atoms with Crippen LogP contribution in [0.3, 0.4) is 0 Å². The molecular formula is C24H24F3N7O3. The van der Waals surface area contributed by atoms with Gasteiger partial charge >= 0.3 is 6.18 Å². The van der Waals surface area contributed by atoms with Gasteiger partial charge in [0.05, 0.1) is 17.4 Å². The van der Waals surface area contributed by atoms with Gasteiger partial charge in [0.15, 0.2) is 6.61 Å². The molecule has 10 nitrogen and oxygen atoms in total. The van der Waals surface area contributed by atoms with E-state index in [1.807, 2.05) is 11.8 Å². The van der Waals surface area contributed by atoms with E-state index in [4.69, 9.17) is 4.74 Å². The first-order valence-corrected chi connectivity index (χ1v) is 11.6. The van der Waals surface area contributed by atoms with Crippen molar-refractivity contribution in [2.24, 2.45) is 0 Å². The zero-order valence-electron chi connectivity index (χ0n) is 19.8. The molecule has 0 bridgehead atoms. The third kappa shape index (κ3) is 5.35. The highest BCUT2D eigenvalue weighted by atomic mass is 19.4. The summed E-state index contributed by atoms with van der Waals surface area (Å²) < 4.78 is 43.9. The molecule has 0 spiro atoms. The highest BCUT2D eigenvalue weighted by Crippen LogP contribution is 2.31. The van der Waals surface area contributed by atoms with Crippen LogP contribution in [0, 0.1) is 0 Å². The molecule has 0 saturated carbocycles. The number of nitrogens with one attached hydrogen (secondary N) is 3. The molecule has 3 aromatic rings. The van der Waals surface area contributed by atoms with Crippen LogP contribution in [0.25, 0.3) is 0 Å². The molecule has 2 aromatic heterocycles. The number of halogens is 3. The molecule has 5 rings (SSSR count). The van der Waals surface area contributed by atoms with Crippen molar-refractivity contribution in [3.05, 3.63) is 59.5 Å². The largest absolute Gasteiger partial charge is 0.482 e. The Balaban J connectivity index is 1.21. The summed E-state index contributed by atoms with van der Waals surface area (Å²) in [4.78, 5) is 32.7. The van der Waals surface area contributed by atoms with Crippen molar-refractivity contribution in [3.63, 3.8) is 0 Å². The van der Waals surface area contributed by atoms with Gasteiger partial charge in [-0.25, -0.2) is 4.98 Å². The van der Waals surface area contributed by atoms with Crippen LogP contribution in [0.5, 0.6) is 5.75 Å². The van der Waals surface area contributed by atoms with Crippen molar-refractivity contribution >= 4 is 29.0 Å². The summed E-state index contributed by atoms with van der Waals surface area (Å²) in [5, 5.41) is 12.3. The maximum Gasteiger partial charge on any atom is 0.417 e. The first-order valence-electron chi connectivity index (χ1n) is 11.6. The topological polar surface area (TPSA) is 115 Å². The standard InChI is InChI=1S/C24H24F3N7O3/c1-14-11-33(6-7-34(14)20-5-2-16(10-28-20)24(25,26)27)12-15-9-29-32-22(15)23(36)30-17-3-4-19-18(8-17)31-21(35)13-37-19/h2-5,8-10,14H,6-7,11-13H2,1H3,(H,29,32)(H,30,36)(H,31,35). The number of aromatic nitrogens is 3. The predicted molar refractivity (Wildman–Crippen MR) is 128 cm³/mol. The minimum Gasteiger partial charge on any atom is -0.482 e. The number of carbonyl (C=O) groups excluding carboxylic acids is 2. The van der Waals surface area contributed by atoms with E-state index >= 15 is 0 Å². The molecular weight excluding hydrogens is 491 g/mol. The van der Waals surface area contributed by atoms with Crippen molar-refractivity contribution in [2.75, 3.05) is 41.8 Å². The van der Waals surface area contributed by atoms with E-state index in [1.165, 1.54) is 6.07 Å². The third-order valence-corrected chi connectivity index (χ3v) is 6.29. The number of fused-ring (bicyclic) bond motifs is 1. The van der Waals surface area contributed by atoms with E-state index < -0.39 is 11.7 Å². The second-order valence-corrected chi connectivity index (χ2v) is 8.95. The zero-order chi connectivity index (χ0) is 26.2. The fourth-order valence-corrected chi connectivity index (χ4v) is 4.46. The number of benzene rings is 1. The van der Waals surface area contributed by atoms with Gasteiger partial charge in [0.2, 0.25) is 0 Å². The molecule has 13 heteroatoms. The number of rotatable bonds is 5. The van der Waals surface area contributed by atoms with Crippen molar-refractivity contribution in [2.45, 2.75) is 25.7 Å². The fourth-order valence-electron chi connectivity index (χ4n) is 4.46. The second-order valence-electron chi connectivity index (χ2n) is 8.95. The Hall–Kier alpha value is -4.13. The number of amides is 2. The Labute approximate surface area is 209 Å². The van der Waals surface area contributed by atoms with Crippen molar-refractivity contribution in [1.29, 1.82) is 0 Å². The molecule has 0 aliphatic carbocycles. The Bertz CT molecular complexity index is 1310. The lowest BCUT2D eigenvalue weighted by Crippen LogP contribution is -2.52. The van der Waals surface area contributed by atoms with Gasteiger partial charge in [-0.1, -0.05) is 0 Å². The normalized spacial score (nSPS) is 18.1. The number of anilines is 3. The van der Waals surface area contributed by atoms with E-state index in [1.54, 1.807) is 24.4 Å². The summed E-state index contributed by atoms with van der Waals surface area (Å²) in [7, 11) is 0. The van der Waals surface area contributed by atoms with E-state index in [2.05, 4.69) is 30.7 Å². The van der Waals surface area contributed by atoms with Gasteiger partial charge < -0.3 is 20.3 Å². The first kappa shape index (κ1) is 24.6. The Morgan fingerprint density at radius 2 is 2.05 bits per heavy atom.